The molecular formula is C18H21NO4S. The van der Waals surface area contributed by atoms with Gasteiger partial charge in [0.15, 0.2) is 9.84 Å². The highest BCUT2D eigenvalue weighted by atomic mass is 32.2. The molecule has 6 heteroatoms. The predicted octanol–water partition coefficient (Wildman–Crippen LogP) is 2.46. The lowest BCUT2D eigenvalue weighted by molar-refractivity contribution is 0.0953. The van der Waals surface area contributed by atoms with Crippen LogP contribution in [0.15, 0.2) is 53.4 Å². The van der Waals surface area contributed by atoms with Crippen molar-refractivity contribution in [2.24, 2.45) is 0 Å². The number of nitrogens with one attached hydrogen (secondary N) is 1. The van der Waals surface area contributed by atoms with E-state index in [0.29, 0.717) is 12.1 Å². The van der Waals surface area contributed by atoms with E-state index in [-0.39, 0.29) is 10.8 Å². The largest absolute Gasteiger partial charge is 0.497 e. The minimum Gasteiger partial charge on any atom is -0.497 e. The highest BCUT2D eigenvalue weighted by Gasteiger charge is 2.11. The summed E-state index contributed by atoms with van der Waals surface area (Å²) in [5.41, 5.74) is 1.52. The monoisotopic (exact) mass is 347 g/mol. The molecule has 1 N–H and O–H groups in total. The van der Waals surface area contributed by atoms with Gasteiger partial charge in [-0.2, -0.15) is 0 Å². The second-order valence-corrected chi connectivity index (χ2v) is 7.52. The lowest BCUT2D eigenvalue weighted by Gasteiger charge is -2.07. The minimum absolute atomic E-state index is 0.147. The fourth-order valence-corrected chi connectivity index (χ4v) is 2.92. The Morgan fingerprint density at radius 2 is 1.83 bits per heavy atom. The predicted molar refractivity (Wildman–Crippen MR) is 93.2 cm³/mol. The molecule has 1 amide bonds. The van der Waals surface area contributed by atoms with Crippen LogP contribution in [-0.2, 0) is 16.3 Å². The normalized spacial score (nSPS) is 11.1. The standard InChI is InChI=1S/C18H21NO4S/c1-23-16-10-8-14(9-11-16)5-4-12-19-18(20)15-6-3-7-17(13-15)24(2,21)22/h3,6-11,13H,4-5,12H2,1-2H3,(H,19,20). The summed E-state index contributed by atoms with van der Waals surface area (Å²) in [4.78, 5) is 12.2. The summed E-state index contributed by atoms with van der Waals surface area (Å²) in [5, 5.41) is 2.81. The molecule has 0 aromatic heterocycles. The average Bonchev–Trinajstić information content (AvgIpc) is 2.58. The van der Waals surface area contributed by atoms with Crippen LogP contribution in [0.1, 0.15) is 22.3 Å². The first-order valence-electron chi connectivity index (χ1n) is 7.61. The van der Waals surface area contributed by atoms with Crippen molar-refractivity contribution in [2.75, 3.05) is 19.9 Å². The Bertz CT molecular complexity index is 798. The van der Waals surface area contributed by atoms with E-state index in [9.17, 15) is 13.2 Å². The maximum atomic E-state index is 12.1. The molecule has 0 radical (unpaired) electrons. The average molecular weight is 347 g/mol. The van der Waals surface area contributed by atoms with Crippen molar-refractivity contribution in [2.45, 2.75) is 17.7 Å². The van der Waals surface area contributed by atoms with Crippen molar-refractivity contribution < 1.29 is 17.9 Å². The highest BCUT2D eigenvalue weighted by Crippen LogP contribution is 2.13. The number of ether oxygens (including phenoxy) is 1. The SMILES string of the molecule is COc1ccc(CCCNC(=O)c2cccc(S(C)(=O)=O)c2)cc1. The second-order valence-electron chi connectivity index (χ2n) is 5.51. The molecular weight excluding hydrogens is 326 g/mol. The maximum absolute atomic E-state index is 12.1. The number of carbonyl (C=O) groups is 1. The molecule has 2 aromatic carbocycles. The second kappa shape index (κ2) is 7.97. The first kappa shape index (κ1) is 18.0. The minimum atomic E-state index is -3.32. The summed E-state index contributed by atoms with van der Waals surface area (Å²) in [7, 11) is -1.69. The van der Waals surface area contributed by atoms with Crippen LogP contribution in [0, 0.1) is 0 Å². The number of carbonyl (C=O) groups excluding carboxylic acids is 1. The zero-order chi connectivity index (χ0) is 17.6. The molecule has 128 valence electrons. The fourth-order valence-electron chi connectivity index (χ4n) is 2.26. The molecule has 0 saturated heterocycles. The van der Waals surface area contributed by atoms with Gasteiger partial charge < -0.3 is 10.1 Å². The zero-order valence-corrected chi connectivity index (χ0v) is 14.6. The van der Waals surface area contributed by atoms with Crippen molar-refractivity contribution >= 4 is 15.7 Å². The first-order valence-corrected chi connectivity index (χ1v) is 9.50. The number of sulfone groups is 1. The van der Waals surface area contributed by atoms with Crippen LogP contribution in [-0.4, -0.2) is 34.2 Å². The lowest BCUT2D eigenvalue weighted by atomic mass is 10.1. The van der Waals surface area contributed by atoms with E-state index >= 15 is 0 Å². The number of hydrogen-bond donors (Lipinski definition) is 1. The third-order valence-corrected chi connectivity index (χ3v) is 4.72. The van der Waals surface area contributed by atoms with Gasteiger partial charge in [-0.25, -0.2) is 8.42 Å². The number of methoxy groups -OCH3 is 1. The zero-order valence-electron chi connectivity index (χ0n) is 13.8. The Kier molecular flexibility index (Phi) is 5.98. The molecule has 5 nitrogen and oxygen atoms in total. The number of rotatable bonds is 7. The van der Waals surface area contributed by atoms with Gasteiger partial charge in [-0.1, -0.05) is 18.2 Å². The fraction of sp³-hybridized carbons (Fsp3) is 0.278. The van der Waals surface area contributed by atoms with Crippen molar-refractivity contribution in [3.8, 4) is 5.75 Å². The van der Waals surface area contributed by atoms with E-state index < -0.39 is 9.84 Å². The number of hydrogen-bond acceptors (Lipinski definition) is 4. The molecule has 0 saturated carbocycles. The van der Waals surface area contributed by atoms with Gasteiger partial charge in [-0.15, -0.1) is 0 Å². The Morgan fingerprint density at radius 1 is 1.12 bits per heavy atom. The Hall–Kier alpha value is -2.34. The number of benzene rings is 2. The van der Waals surface area contributed by atoms with Gasteiger partial charge in [0.25, 0.3) is 5.91 Å². The Morgan fingerprint density at radius 3 is 2.46 bits per heavy atom. The lowest BCUT2D eigenvalue weighted by Crippen LogP contribution is -2.25. The van der Waals surface area contributed by atoms with Gasteiger partial charge in [0, 0.05) is 18.4 Å². The van der Waals surface area contributed by atoms with Gasteiger partial charge >= 0.3 is 0 Å². The van der Waals surface area contributed by atoms with Crippen molar-refractivity contribution in [1.29, 1.82) is 0 Å². The molecule has 24 heavy (non-hydrogen) atoms. The van der Waals surface area contributed by atoms with Crippen LogP contribution in [0.25, 0.3) is 0 Å². The Balaban J connectivity index is 1.85. The number of amides is 1. The maximum Gasteiger partial charge on any atom is 0.251 e. The van der Waals surface area contributed by atoms with E-state index in [1.165, 1.54) is 17.7 Å². The van der Waals surface area contributed by atoms with Gasteiger partial charge in [-0.05, 0) is 48.7 Å². The summed E-state index contributed by atoms with van der Waals surface area (Å²) in [6.45, 7) is 0.522. The summed E-state index contributed by atoms with van der Waals surface area (Å²) >= 11 is 0. The smallest absolute Gasteiger partial charge is 0.251 e. The van der Waals surface area contributed by atoms with Crippen molar-refractivity contribution in [3.63, 3.8) is 0 Å². The van der Waals surface area contributed by atoms with Crippen LogP contribution in [0.2, 0.25) is 0 Å². The van der Waals surface area contributed by atoms with Crippen LogP contribution in [0.3, 0.4) is 0 Å². The molecule has 0 atom stereocenters. The van der Waals surface area contributed by atoms with Gasteiger partial charge in [0.1, 0.15) is 5.75 Å². The van der Waals surface area contributed by atoms with E-state index in [2.05, 4.69) is 5.32 Å². The third-order valence-electron chi connectivity index (χ3n) is 3.61. The molecule has 0 heterocycles. The van der Waals surface area contributed by atoms with Crippen LogP contribution >= 0.6 is 0 Å². The molecule has 0 spiro atoms. The Labute approximate surface area is 142 Å². The van der Waals surface area contributed by atoms with Crippen molar-refractivity contribution in [1.82, 2.24) is 5.32 Å². The number of aryl methyl sites for hydroxylation is 1. The molecule has 0 aliphatic heterocycles. The quantitative estimate of drug-likeness (QED) is 0.781. The van der Waals surface area contributed by atoms with Crippen LogP contribution < -0.4 is 10.1 Å². The molecule has 0 aliphatic rings. The molecule has 2 rings (SSSR count). The highest BCUT2D eigenvalue weighted by molar-refractivity contribution is 7.90. The van der Waals surface area contributed by atoms with E-state index in [1.54, 1.807) is 19.2 Å². The summed E-state index contributed by atoms with van der Waals surface area (Å²) in [6.07, 6.45) is 2.76. The molecule has 2 aromatic rings. The molecule has 0 aliphatic carbocycles. The van der Waals surface area contributed by atoms with Gasteiger partial charge in [0.2, 0.25) is 0 Å². The van der Waals surface area contributed by atoms with Gasteiger partial charge in [-0.3, -0.25) is 4.79 Å². The summed E-state index contributed by atoms with van der Waals surface area (Å²) < 4.78 is 28.2. The topological polar surface area (TPSA) is 72.5 Å². The summed E-state index contributed by atoms with van der Waals surface area (Å²) in [5.74, 6) is 0.549. The van der Waals surface area contributed by atoms with Crippen LogP contribution in [0.4, 0.5) is 0 Å². The van der Waals surface area contributed by atoms with E-state index in [0.717, 1.165) is 24.8 Å². The molecule has 0 fully saturated rings. The van der Waals surface area contributed by atoms with E-state index in [1.807, 2.05) is 24.3 Å². The first-order chi connectivity index (χ1) is 11.4. The molecule has 0 bridgehead atoms. The van der Waals surface area contributed by atoms with E-state index in [4.69, 9.17) is 4.74 Å². The van der Waals surface area contributed by atoms with Gasteiger partial charge in [0.05, 0.1) is 12.0 Å². The van der Waals surface area contributed by atoms with Crippen molar-refractivity contribution in [3.05, 3.63) is 59.7 Å². The summed E-state index contributed by atoms with van der Waals surface area (Å²) in [6, 6.07) is 13.9. The molecule has 0 unspecified atom stereocenters. The third kappa shape index (κ3) is 5.09. The van der Waals surface area contributed by atoms with Crippen LogP contribution in [0.5, 0.6) is 5.75 Å².